The molecule has 2 fully saturated rings. The van der Waals surface area contributed by atoms with Crippen LogP contribution in [0.15, 0.2) is 30.3 Å². The molecule has 0 spiro atoms. The number of nitrogens with zero attached hydrogens (tertiary/aromatic N) is 1. The molecule has 2 heterocycles. The van der Waals surface area contributed by atoms with Gasteiger partial charge < -0.3 is 15.0 Å². The molecule has 3 atom stereocenters. The number of amides is 2. The lowest BCUT2D eigenvalue weighted by atomic mass is 9.94. The molecule has 24 heavy (non-hydrogen) atoms. The van der Waals surface area contributed by atoms with E-state index in [1.54, 1.807) is 0 Å². The van der Waals surface area contributed by atoms with Crippen molar-refractivity contribution in [1.82, 2.24) is 10.2 Å². The van der Waals surface area contributed by atoms with E-state index in [9.17, 15) is 4.79 Å². The maximum Gasteiger partial charge on any atom is 0.318 e. The highest BCUT2D eigenvalue weighted by atomic mass is 32.2. The van der Waals surface area contributed by atoms with E-state index in [2.05, 4.69) is 24.4 Å². The van der Waals surface area contributed by atoms with Gasteiger partial charge in [-0.25, -0.2) is 4.79 Å². The van der Waals surface area contributed by atoms with Crippen molar-refractivity contribution in [3.8, 4) is 0 Å². The summed E-state index contributed by atoms with van der Waals surface area (Å²) in [4.78, 5) is 14.9. The number of urea groups is 1. The molecule has 0 aliphatic carbocycles. The molecule has 0 radical (unpaired) electrons. The molecule has 5 heteroatoms. The predicted octanol–water partition coefficient (Wildman–Crippen LogP) is 3.69. The third kappa shape index (κ3) is 4.67. The summed E-state index contributed by atoms with van der Waals surface area (Å²) in [5, 5.41) is 3.31. The normalized spacial score (nSPS) is 26.0. The first-order valence-electron chi connectivity index (χ1n) is 9.01. The van der Waals surface area contributed by atoms with Gasteiger partial charge in [0.05, 0.1) is 6.04 Å². The number of ether oxygens (including phenoxy) is 1. The molecular formula is C19H28N2O2S. The van der Waals surface area contributed by atoms with Crippen molar-refractivity contribution in [2.45, 2.75) is 38.3 Å². The van der Waals surface area contributed by atoms with E-state index in [1.165, 1.54) is 5.56 Å². The van der Waals surface area contributed by atoms with E-state index >= 15 is 0 Å². The molecule has 2 aliphatic heterocycles. The lowest BCUT2D eigenvalue weighted by molar-refractivity contribution is 0.170. The van der Waals surface area contributed by atoms with Gasteiger partial charge >= 0.3 is 6.03 Å². The molecule has 3 rings (SSSR count). The van der Waals surface area contributed by atoms with Crippen molar-refractivity contribution in [2.75, 3.05) is 31.3 Å². The van der Waals surface area contributed by atoms with Crippen LogP contribution in [-0.2, 0) is 4.74 Å². The number of nitrogens with one attached hydrogen (secondary N) is 1. The highest BCUT2D eigenvalue weighted by molar-refractivity contribution is 7.99. The summed E-state index contributed by atoms with van der Waals surface area (Å²) in [5.41, 5.74) is 1.19. The van der Waals surface area contributed by atoms with Crippen molar-refractivity contribution in [1.29, 1.82) is 0 Å². The van der Waals surface area contributed by atoms with E-state index in [0.29, 0.717) is 12.0 Å². The Morgan fingerprint density at radius 1 is 1.33 bits per heavy atom. The average Bonchev–Trinajstić information content (AvgIpc) is 3.01. The van der Waals surface area contributed by atoms with Crippen LogP contribution in [0.2, 0.25) is 0 Å². The van der Waals surface area contributed by atoms with Crippen LogP contribution in [0, 0.1) is 5.92 Å². The molecule has 3 unspecified atom stereocenters. The zero-order valence-corrected chi connectivity index (χ0v) is 15.3. The minimum absolute atomic E-state index is 0.0634. The van der Waals surface area contributed by atoms with Crippen LogP contribution in [0.3, 0.4) is 0 Å². The quantitative estimate of drug-likeness (QED) is 0.902. The maximum atomic E-state index is 12.9. The van der Waals surface area contributed by atoms with Crippen molar-refractivity contribution >= 4 is 17.8 Å². The Kier molecular flexibility index (Phi) is 6.44. The number of carbonyl (C=O) groups excluding carboxylic acids is 1. The summed E-state index contributed by atoms with van der Waals surface area (Å²) in [6.07, 6.45) is 3.12. The fraction of sp³-hybridized carbons (Fsp3) is 0.632. The molecule has 1 aromatic rings. The van der Waals surface area contributed by atoms with Crippen LogP contribution in [0.5, 0.6) is 0 Å². The van der Waals surface area contributed by atoms with Gasteiger partial charge in [0.15, 0.2) is 0 Å². The van der Waals surface area contributed by atoms with Crippen LogP contribution in [0.25, 0.3) is 0 Å². The third-order valence-electron chi connectivity index (χ3n) is 5.04. The molecule has 0 aromatic heterocycles. The average molecular weight is 349 g/mol. The van der Waals surface area contributed by atoms with E-state index in [0.717, 1.165) is 50.5 Å². The molecule has 0 saturated carbocycles. The Morgan fingerprint density at radius 2 is 2.17 bits per heavy atom. The fourth-order valence-electron chi connectivity index (χ4n) is 3.49. The molecule has 132 valence electrons. The van der Waals surface area contributed by atoms with Crippen LogP contribution in [-0.4, -0.2) is 48.2 Å². The molecule has 2 aliphatic rings. The summed E-state index contributed by atoms with van der Waals surface area (Å²) in [7, 11) is 0. The zero-order chi connectivity index (χ0) is 16.8. The second-order valence-corrected chi connectivity index (χ2v) is 8.05. The lowest BCUT2D eigenvalue weighted by Crippen LogP contribution is -2.46. The predicted molar refractivity (Wildman–Crippen MR) is 99.4 cm³/mol. The number of benzene rings is 1. The van der Waals surface area contributed by atoms with Crippen molar-refractivity contribution in [2.24, 2.45) is 5.92 Å². The van der Waals surface area contributed by atoms with Gasteiger partial charge in [-0.15, -0.1) is 0 Å². The molecule has 0 bridgehead atoms. The number of hydrogen-bond donors (Lipinski definition) is 1. The first kappa shape index (κ1) is 17.6. The van der Waals surface area contributed by atoms with Crippen molar-refractivity contribution < 1.29 is 9.53 Å². The second-order valence-electron chi connectivity index (χ2n) is 6.82. The summed E-state index contributed by atoms with van der Waals surface area (Å²) in [6, 6.07) is 10.8. The Balaban J connectivity index is 1.69. The van der Waals surface area contributed by atoms with Gasteiger partial charge in [0, 0.05) is 31.6 Å². The monoisotopic (exact) mass is 348 g/mol. The third-order valence-corrected chi connectivity index (χ3v) is 6.04. The molecule has 4 nitrogen and oxygen atoms in total. The summed E-state index contributed by atoms with van der Waals surface area (Å²) in [5.74, 6) is 2.71. The SMILES string of the molecule is CC1CCSCCN1C(=O)NC(CC1CCOC1)c1ccccc1. The number of carbonyl (C=O) groups is 1. The van der Waals surface area contributed by atoms with Crippen LogP contribution < -0.4 is 5.32 Å². The molecule has 1 aromatic carbocycles. The Morgan fingerprint density at radius 3 is 2.92 bits per heavy atom. The molecular weight excluding hydrogens is 320 g/mol. The molecule has 2 amide bonds. The first-order valence-corrected chi connectivity index (χ1v) is 10.2. The minimum atomic E-state index is 0.0634. The summed E-state index contributed by atoms with van der Waals surface area (Å²) >= 11 is 1.94. The van der Waals surface area contributed by atoms with Crippen molar-refractivity contribution in [3.05, 3.63) is 35.9 Å². The zero-order valence-electron chi connectivity index (χ0n) is 14.4. The van der Waals surface area contributed by atoms with E-state index in [-0.39, 0.29) is 12.1 Å². The number of thioether (sulfide) groups is 1. The Hall–Kier alpha value is -1.20. The number of rotatable bonds is 4. The van der Waals surface area contributed by atoms with Crippen LogP contribution in [0.4, 0.5) is 4.79 Å². The molecule has 2 saturated heterocycles. The van der Waals surface area contributed by atoms with Gasteiger partial charge in [0.1, 0.15) is 0 Å². The largest absolute Gasteiger partial charge is 0.381 e. The second kappa shape index (κ2) is 8.77. The van der Waals surface area contributed by atoms with E-state index in [1.807, 2.05) is 34.9 Å². The van der Waals surface area contributed by atoms with Gasteiger partial charge in [-0.3, -0.25) is 0 Å². The van der Waals surface area contributed by atoms with Gasteiger partial charge in [-0.1, -0.05) is 30.3 Å². The van der Waals surface area contributed by atoms with Gasteiger partial charge in [-0.2, -0.15) is 11.8 Å². The highest BCUT2D eigenvalue weighted by Gasteiger charge is 2.27. The lowest BCUT2D eigenvalue weighted by Gasteiger charge is -2.30. The van der Waals surface area contributed by atoms with Crippen molar-refractivity contribution in [3.63, 3.8) is 0 Å². The van der Waals surface area contributed by atoms with E-state index < -0.39 is 0 Å². The first-order chi connectivity index (χ1) is 11.7. The van der Waals surface area contributed by atoms with Crippen LogP contribution in [0.1, 0.15) is 37.8 Å². The van der Waals surface area contributed by atoms with Crippen LogP contribution >= 0.6 is 11.8 Å². The minimum Gasteiger partial charge on any atom is -0.381 e. The van der Waals surface area contributed by atoms with Gasteiger partial charge in [0.2, 0.25) is 0 Å². The summed E-state index contributed by atoms with van der Waals surface area (Å²) in [6.45, 7) is 4.66. The fourth-order valence-corrected chi connectivity index (χ4v) is 4.53. The Labute approximate surface area is 149 Å². The molecule has 1 N–H and O–H groups in total. The summed E-state index contributed by atoms with van der Waals surface area (Å²) < 4.78 is 5.52. The van der Waals surface area contributed by atoms with Gasteiger partial charge in [0.25, 0.3) is 0 Å². The maximum absolute atomic E-state index is 12.9. The van der Waals surface area contributed by atoms with E-state index in [4.69, 9.17) is 4.74 Å². The topological polar surface area (TPSA) is 41.6 Å². The standard InChI is InChI=1S/C19H28N2O2S/c1-15-8-11-24-12-9-21(15)19(22)20-18(13-16-7-10-23-14-16)17-5-3-2-4-6-17/h2-6,15-16,18H,7-14H2,1H3,(H,20,22). The smallest absolute Gasteiger partial charge is 0.318 e. The highest BCUT2D eigenvalue weighted by Crippen LogP contribution is 2.27. The van der Waals surface area contributed by atoms with Gasteiger partial charge in [-0.05, 0) is 43.4 Å². The number of hydrogen-bond acceptors (Lipinski definition) is 3. The Bertz CT molecular complexity index is 519.